The Morgan fingerprint density at radius 2 is 2.29 bits per heavy atom. The van der Waals surface area contributed by atoms with Crippen LogP contribution >= 0.6 is 0 Å². The van der Waals surface area contributed by atoms with Crippen LogP contribution in [0.3, 0.4) is 0 Å². The number of rotatable bonds is 7. The van der Waals surface area contributed by atoms with Gasteiger partial charge in [-0.05, 0) is 37.4 Å². The van der Waals surface area contributed by atoms with Crippen molar-refractivity contribution in [2.75, 3.05) is 11.9 Å². The molecule has 2 rings (SSSR count). The highest BCUT2D eigenvalue weighted by Crippen LogP contribution is 2.12. The second-order valence-corrected chi connectivity index (χ2v) is 5.14. The van der Waals surface area contributed by atoms with Gasteiger partial charge in [-0.2, -0.15) is 0 Å². The summed E-state index contributed by atoms with van der Waals surface area (Å²) in [5.41, 5.74) is 6.20. The summed E-state index contributed by atoms with van der Waals surface area (Å²) in [6.07, 6.45) is 9.15. The molecule has 0 radical (unpaired) electrons. The molecule has 3 N–H and O–H groups in total. The van der Waals surface area contributed by atoms with E-state index >= 15 is 0 Å². The molecule has 2 heterocycles. The van der Waals surface area contributed by atoms with Crippen LogP contribution in [-0.2, 0) is 4.79 Å². The maximum atomic E-state index is 11.8. The molecule has 1 atom stereocenters. The van der Waals surface area contributed by atoms with Crippen LogP contribution < -0.4 is 11.1 Å². The summed E-state index contributed by atoms with van der Waals surface area (Å²) in [7, 11) is 0. The van der Waals surface area contributed by atoms with Gasteiger partial charge in [0.2, 0.25) is 5.91 Å². The minimum absolute atomic E-state index is 0.0102. The molecule has 1 unspecified atom stereocenters. The van der Waals surface area contributed by atoms with Crippen LogP contribution in [0, 0.1) is 5.92 Å². The largest absolute Gasteiger partial charge is 0.330 e. The van der Waals surface area contributed by atoms with Crippen molar-refractivity contribution in [1.29, 1.82) is 0 Å². The van der Waals surface area contributed by atoms with Crippen LogP contribution in [0.5, 0.6) is 0 Å². The summed E-state index contributed by atoms with van der Waals surface area (Å²) < 4.78 is 1.81. The van der Waals surface area contributed by atoms with E-state index < -0.39 is 0 Å². The third kappa shape index (κ3) is 4.68. The normalized spacial score (nSPS) is 12.1. The van der Waals surface area contributed by atoms with E-state index in [2.05, 4.69) is 22.2 Å². The zero-order valence-corrected chi connectivity index (χ0v) is 12.2. The number of hydrogen-bond donors (Lipinski definition) is 2. The molecular formula is C15H21N5O. The molecular weight excluding hydrogens is 266 g/mol. The number of hydrogen-bond acceptors (Lipinski definition) is 4. The van der Waals surface area contributed by atoms with E-state index in [0.29, 0.717) is 24.6 Å². The highest BCUT2D eigenvalue weighted by Gasteiger charge is 2.07. The summed E-state index contributed by atoms with van der Waals surface area (Å²) in [5.74, 6) is 1.25. The van der Waals surface area contributed by atoms with E-state index in [9.17, 15) is 4.79 Å². The summed E-state index contributed by atoms with van der Waals surface area (Å²) >= 11 is 0. The minimum Gasteiger partial charge on any atom is -0.330 e. The van der Waals surface area contributed by atoms with Crippen molar-refractivity contribution in [3.8, 4) is 5.82 Å². The lowest BCUT2D eigenvalue weighted by atomic mass is 10.0. The minimum atomic E-state index is 0.0102. The van der Waals surface area contributed by atoms with Crippen LogP contribution in [0.4, 0.5) is 5.69 Å². The van der Waals surface area contributed by atoms with E-state index in [-0.39, 0.29) is 5.91 Å². The molecule has 21 heavy (non-hydrogen) atoms. The fourth-order valence-corrected chi connectivity index (χ4v) is 2.04. The van der Waals surface area contributed by atoms with Gasteiger partial charge < -0.3 is 11.1 Å². The van der Waals surface area contributed by atoms with Crippen molar-refractivity contribution < 1.29 is 4.79 Å². The molecule has 0 fully saturated rings. The Hall–Kier alpha value is -2.21. The van der Waals surface area contributed by atoms with Gasteiger partial charge in [0.25, 0.3) is 0 Å². The summed E-state index contributed by atoms with van der Waals surface area (Å²) in [4.78, 5) is 20.1. The number of anilines is 1. The van der Waals surface area contributed by atoms with E-state index in [0.717, 1.165) is 18.7 Å². The number of aromatic nitrogens is 3. The molecule has 1 amide bonds. The van der Waals surface area contributed by atoms with Crippen LogP contribution in [0.15, 0.2) is 37.1 Å². The maximum absolute atomic E-state index is 11.8. The van der Waals surface area contributed by atoms with Gasteiger partial charge >= 0.3 is 0 Å². The number of carbonyl (C=O) groups excluding carboxylic acids is 1. The quantitative estimate of drug-likeness (QED) is 0.815. The Labute approximate surface area is 124 Å². The van der Waals surface area contributed by atoms with Gasteiger partial charge in [-0.15, -0.1) is 0 Å². The van der Waals surface area contributed by atoms with Gasteiger partial charge in [-0.3, -0.25) is 9.36 Å². The molecule has 2 aromatic heterocycles. The van der Waals surface area contributed by atoms with Gasteiger partial charge in [-0.25, -0.2) is 9.97 Å². The van der Waals surface area contributed by atoms with Gasteiger partial charge in [0.15, 0.2) is 0 Å². The van der Waals surface area contributed by atoms with Crippen molar-refractivity contribution in [1.82, 2.24) is 14.5 Å². The first-order valence-electron chi connectivity index (χ1n) is 7.13. The first kappa shape index (κ1) is 15.2. The van der Waals surface area contributed by atoms with Crippen molar-refractivity contribution in [3.63, 3.8) is 0 Å². The highest BCUT2D eigenvalue weighted by atomic mass is 16.1. The van der Waals surface area contributed by atoms with Gasteiger partial charge in [0, 0.05) is 18.8 Å². The second-order valence-electron chi connectivity index (χ2n) is 5.14. The highest BCUT2D eigenvalue weighted by molar-refractivity contribution is 5.90. The lowest BCUT2D eigenvalue weighted by Gasteiger charge is -2.10. The van der Waals surface area contributed by atoms with Crippen molar-refractivity contribution in [3.05, 3.63) is 37.1 Å². The summed E-state index contributed by atoms with van der Waals surface area (Å²) in [5, 5.41) is 2.85. The van der Waals surface area contributed by atoms with Gasteiger partial charge in [0.05, 0.1) is 11.9 Å². The molecule has 0 aliphatic rings. The molecule has 2 aromatic rings. The molecule has 0 saturated carbocycles. The molecule has 112 valence electrons. The molecule has 0 aromatic carbocycles. The number of nitrogens with one attached hydrogen (secondary N) is 1. The number of amides is 1. The molecule has 6 heteroatoms. The van der Waals surface area contributed by atoms with Crippen LogP contribution in [0.1, 0.15) is 26.2 Å². The summed E-state index contributed by atoms with van der Waals surface area (Å²) in [6, 6.07) is 3.68. The number of imidazole rings is 1. The van der Waals surface area contributed by atoms with Crippen LogP contribution in [0.2, 0.25) is 0 Å². The zero-order chi connectivity index (χ0) is 15.1. The molecule has 0 aliphatic heterocycles. The predicted molar refractivity (Wildman–Crippen MR) is 82.1 cm³/mol. The SMILES string of the molecule is CC(CCN)CCC(=O)Nc1ccc(-n2ccnc2)nc1. The van der Waals surface area contributed by atoms with E-state index in [1.54, 1.807) is 23.3 Å². The first-order chi connectivity index (χ1) is 10.2. The number of nitrogens with zero attached hydrogens (tertiary/aromatic N) is 3. The third-order valence-electron chi connectivity index (χ3n) is 3.32. The Bertz CT molecular complexity index is 550. The Kier molecular flexibility index (Phi) is 5.45. The fourth-order valence-electron chi connectivity index (χ4n) is 2.04. The Morgan fingerprint density at radius 1 is 1.43 bits per heavy atom. The molecule has 0 saturated heterocycles. The summed E-state index contributed by atoms with van der Waals surface area (Å²) in [6.45, 7) is 2.78. The first-order valence-corrected chi connectivity index (χ1v) is 7.13. The predicted octanol–water partition coefficient (Wildman–Crippen LogP) is 1.97. The number of pyridine rings is 1. The lowest BCUT2D eigenvalue weighted by Crippen LogP contribution is -2.14. The van der Waals surface area contributed by atoms with Crippen LogP contribution in [-0.4, -0.2) is 27.0 Å². The topological polar surface area (TPSA) is 85.8 Å². The van der Waals surface area contributed by atoms with Crippen LogP contribution in [0.25, 0.3) is 5.82 Å². The monoisotopic (exact) mass is 287 g/mol. The maximum Gasteiger partial charge on any atom is 0.224 e. The Balaban J connectivity index is 1.84. The van der Waals surface area contributed by atoms with Crippen molar-refractivity contribution in [2.24, 2.45) is 11.7 Å². The third-order valence-corrected chi connectivity index (χ3v) is 3.32. The smallest absolute Gasteiger partial charge is 0.224 e. The van der Waals surface area contributed by atoms with Gasteiger partial charge in [0.1, 0.15) is 12.1 Å². The molecule has 6 nitrogen and oxygen atoms in total. The fraction of sp³-hybridized carbons (Fsp3) is 0.400. The molecule has 0 bridgehead atoms. The molecule has 0 spiro atoms. The zero-order valence-electron chi connectivity index (χ0n) is 12.2. The van der Waals surface area contributed by atoms with E-state index in [1.165, 1.54) is 0 Å². The van der Waals surface area contributed by atoms with E-state index in [4.69, 9.17) is 5.73 Å². The number of carbonyl (C=O) groups is 1. The van der Waals surface area contributed by atoms with Gasteiger partial charge in [-0.1, -0.05) is 6.92 Å². The standard InChI is InChI=1S/C15H21N5O/c1-12(6-7-16)2-5-15(21)19-13-3-4-14(18-10-13)20-9-8-17-11-20/h3-4,8-12H,2,5-7,16H2,1H3,(H,19,21). The van der Waals surface area contributed by atoms with E-state index in [1.807, 2.05) is 18.3 Å². The Morgan fingerprint density at radius 3 is 2.90 bits per heavy atom. The molecule has 0 aliphatic carbocycles. The number of nitrogens with two attached hydrogens (primary N) is 1. The second kappa shape index (κ2) is 7.54. The van der Waals surface area contributed by atoms with Crippen molar-refractivity contribution >= 4 is 11.6 Å². The lowest BCUT2D eigenvalue weighted by molar-refractivity contribution is -0.116. The average Bonchev–Trinajstić information content (AvgIpc) is 3.00. The average molecular weight is 287 g/mol. The van der Waals surface area contributed by atoms with Crippen molar-refractivity contribution in [2.45, 2.75) is 26.2 Å².